The molecule has 0 unspecified atom stereocenters. The predicted octanol–water partition coefficient (Wildman–Crippen LogP) is 3.33. The average molecular weight is 266 g/mol. The number of halogens is 2. The molecule has 0 saturated heterocycles. The minimum absolute atomic E-state index is 0.0698. The second-order valence-corrected chi connectivity index (χ2v) is 3.96. The van der Waals surface area contributed by atoms with Crippen molar-refractivity contribution in [2.75, 3.05) is 7.11 Å². The molecule has 2 aromatic rings. The lowest BCUT2D eigenvalue weighted by atomic mass is 10.1. The molecule has 2 rings (SSSR count). The van der Waals surface area contributed by atoms with Crippen LogP contribution in [0.2, 0.25) is 5.02 Å². The van der Waals surface area contributed by atoms with E-state index in [1.165, 1.54) is 19.4 Å². The summed E-state index contributed by atoms with van der Waals surface area (Å²) < 4.78 is 18.6. The molecule has 1 aromatic carbocycles. The van der Waals surface area contributed by atoms with Crippen molar-refractivity contribution in [2.45, 2.75) is 0 Å². The Morgan fingerprint density at radius 1 is 1.39 bits per heavy atom. The van der Waals surface area contributed by atoms with Crippen LogP contribution in [0.15, 0.2) is 36.5 Å². The zero-order chi connectivity index (χ0) is 13.1. The number of hydrogen-bond donors (Lipinski definition) is 0. The Balaban J connectivity index is 2.56. The highest BCUT2D eigenvalue weighted by Gasteiger charge is 2.17. The van der Waals surface area contributed by atoms with Crippen LogP contribution >= 0.6 is 11.6 Å². The molecule has 92 valence electrons. The largest absolute Gasteiger partial charge is 0.465 e. The summed E-state index contributed by atoms with van der Waals surface area (Å²) in [5.74, 6) is -1.45. The third-order valence-corrected chi connectivity index (χ3v) is 2.63. The van der Waals surface area contributed by atoms with Gasteiger partial charge in [-0.15, -0.1) is 0 Å². The molecule has 0 amide bonds. The lowest BCUT2D eigenvalue weighted by Gasteiger charge is -2.06. The Bertz CT molecular complexity index is 601. The monoisotopic (exact) mass is 265 g/mol. The molecule has 0 saturated carbocycles. The van der Waals surface area contributed by atoms with E-state index in [1.807, 2.05) is 0 Å². The first-order valence-electron chi connectivity index (χ1n) is 5.12. The summed E-state index contributed by atoms with van der Waals surface area (Å²) in [6.45, 7) is 0. The lowest BCUT2D eigenvalue weighted by Crippen LogP contribution is -2.06. The van der Waals surface area contributed by atoms with Crippen LogP contribution in [0.4, 0.5) is 4.39 Å². The Hall–Kier alpha value is -1.94. The molecule has 0 fully saturated rings. The lowest BCUT2D eigenvalue weighted by molar-refractivity contribution is 0.0595. The summed E-state index contributed by atoms with van der Waals surface area (Å²) in [7, 11) is 1.20. The molecule has 0 spiro atoms. The number of pyridine rings is 1. The first-order chi connectivity index (χ1) is 8.63. The number of esters is 1. The Kier molecular flexibility index (Phi) is 3.58. The fourth-order valence-corrected chi connectivity index (χ4v) is 1.74. The van der Waals surface area contributed by atoms with Gasteiger partial charge in [-0.1, -0.05) is 23.7 Å². The van der Waals surface area contributed by atoms with Crippen LogP contribution in [0.25, 0.3) is 11.3 Å². The van der Waals surface area contributed by atoms with Crippen molar-refractivity contribution in [3.63, 3.8) is 0 Å². The van der Waals surface area contributed by atoms with Gasteiger partial charge in [0, 0.05) is 16.8 Å². The molecular weight excluding hydrogens is 257 g/mol. The minimum atomic E-state index is -0.738. The molecule has 0 aliphatic heterocycles. The highest BCUT2D eigenvalue weighted by atomic mass is 35.5. The number of benzene rings is 1. The van der Waals surface area contributed by atoms with Crippen LogP contribution in [-0.2, 0) is 4.74 Å². The predicted molar refractivity (Wildman–Crippen MR) is 66.0 cm³/mol. The van der Waals surface area contributed by atoms with E-state index in [1.54, 1.807) is 24.3 Å². The summed E-state index contributed by atoms with van der Waals surface area (Å²) in [6, 6.07) is 7.87. The van der Waals surface area contributed by atoms with E-state index in [4.69, 9.17) is 11.6 Å². The smallest absolute Gasteiger partial charge is 0.340 e. The summed E-state index contributed by atoms with van der Waals surface area (Å²) in [6.07, 6.45) is 1.35. The number of ether oxygens (including phenoxy) is 1. The SMILES string of the molecule is COC(=O)c1ccnc(-c2cccc(Cl)c2)c1F. The normalized spacial score (nSPS) is 10.2. The molecule has 5 heteroatoms. The van der Waals surface area contributed by atoms with Crippen LogP contribution in [0.1, 0.15) is 10.4 Å². The standard InChI is InChI=1S/C13H9ClFNO2/c1-18-13(17)10-5-6-16-12(11(10)15)8-3-2-4-9(14)7-8/h2-7H,1H3. The molecule has 1 heterocycles. The third kappa shape index (κ3) is 2.33. The highest BCUT2D eigenvalue weighted by Crippen LogP contribution is 2.25. The third-order valence-electron chi connectivity index (χ3n) is 2.39. The first-order valence-corrected chi connectivity index (χ1v) is 5.50. The number of hydrogen-bond acceptors (Lipinski definition) is 3. The molecule has 18 heavy (non-hydrogen) atoms. The van der Waals surface area contributed by atoms with Crippen molar-refractivity contribution >= 4 is 17.6 Å². The molecular formula is C13H9ClFNO2. The second-order valence-electron chi connectivity index (χ2n) is 3.52. The summed E-state index contributed by atoms with van der Waals surface area (Å²) in [5.41, 5.74) is 0.425. The highest BCUT2D eigenvalue weighted by molar-refractivity contribution is 6.30. The van der Waals surface area contributed by atoms with E-state index in [9.17, 15) is 9.18 Å². The molecule has 3 nitrogen and oxygen atoms in total. The first kappa shape index (κ1) is 12.5. The van der Waals surface area contributed by atoms with Crippen molar-refractivity contribution in [3.8, 4) is 11.3 Å². The number of rotatable bonds is 2. The van der Waals surface area contributed by atoms with Gasteiger partial charge in [-0.25, -0.2) is 9.18 Å². The van der Waals surface area contributed by atoms with Gasteiger partial charge in [0.25, 0.3) is 0 Å². The van der Waals surface area contributed by atoms with E-state index in [0.29, 0.717) is 10.6 Å². The van der Waals surface area contributed by atoms with Gasteiger partial charge in [-0.2, -0.15) is 0 Å². The molecule has 0 N–H and O–H groups in total. The summed E-state index contributed by atoms with van der Waals surface area (Å²) in [5, 5.41) is 0.470. The van der Waals surface area contributed by atoms with E-state index < -0.39 is 11.8 Å². The van der Waals surface area contributed by atoms with Crippen molar-refractivity contribution in [1.82, 2.24) is 4.98 Å². The van der Waals surface area contributed by atoms with E-state index in [0.717, 1.165) is 0 Å². The average Bonchev–Trinajstić information content (AvgIpc) is 2.38. The second kappa shape index (κ2) is 5.14. The summed E-state index contributed by atoms with van der Waals surface area (Å²) >= 11 is 5.83. The van der Waals surface area contributed by atoms with Crippen LogP contribution in [0.3, 0.4) is 0 Å². The fourth-order valence-electron chi connectivity index (χ4n) is 1.55. The maximum Gasteiger partial charge on any atom is 0.340 e. The van der Waals surface area contributed by atoms with Crippen molar-refractivity contribution < 1.29 is 13.9 Å². The quantitative estimate of drug-likeness (QED) is 0.782. The van der Waals surface area contributed by atoms with Gasteiger partial charge in [-0.05, 0) is 18.2 Å². The number of methoxy groups -OCH3 is 1. The molecule has 0 bridgehead atoms. The van der Waals surface area contributed by atoms with Gasteiger partial charge in [-0.3, -0.25) is 4.98 Å². The van der Waals surface area contributed by atoms with Gasteiger partial charge in [0.2, 0.25) is 0 Å². The Labute approximate surface area is 108 Å². The summed E-state index contributed by atoms with van der Waals surface area (Å²) in [4.78, 5) is 15.3. The van der Waals surface area contributed by atoms with E-state index >= 15 is 0 Å². The number of carbonyl (C=O) groups excluding carboxylic acids is 1. The van der Waals surface area contributed by atoms with Gasteiger partial charge in [0.05, 0.1) is 12.7 Å². The number of aromatic nitrogens is 1. The van der Waals surface area contributed by atoms with Crippen LogP contribution < -0.4 is 0 Å². The van der Waals surface area contributed by atoms with Crippen molar-refractivity contribution in [1.29, 1.82) is 0 Å². The van der Waals surface area contributed by atoms with Gasteiger partial charge < -0.3 is 4.74 Å². The topological polar surface area (TPSA) is 39.2 Å². The maximum atomic E-state index is 14.1. The van der Waals surface area contributed by atoms with Crippen molar-refractivity contribution in [2.24, 2.45) is 0 Å². The molecule has 0 aliphatic carbocycles. The van der Waals surface area contributed by atoms with E-state index in [2.05, 4.69) is 9.72 Å². The Morgan fingerprint density at radius 3 is 2.83 bits per heavy atom. The van der Waals surface area contributed by atoms with Gasteiger partial charge in [0.1, 0.15) is 5.69 Å². The maximum absolute atomic E-state index is 14.1. The molecule has 0 atom stereocenters. The van der Waals surface area contributed by atoms with Crippen LogP contribution in [-0.4, -0.2) is 18.1 Å². The zero-order valence-electron chi connectivity index (χ0n) is 9.48. The number of nitrogens with zero attached hydrogens (tertiary/aromatic N) is 1. The molecule has 1 aromatic heterocycles. The van der Waals surface area contributed by atoms with Gasteiger partial charge in [0.15, 0.2) is 5.82 Å². The molecule has 0 radical (unpaired) electrons. The fraction of sp³-hybridized carbons (Fsp3) is 0.0769. The van der Waals surface area contributed by atoms with Gasteiger partial charge >= 0.3 is 5.97 Å². The van der Waals surface area contributed by atoms with Crippen LogP contribution in [0.5, 0.6) is 0 Å². The minimum Gasteiger partial charge on any atom is -0.465 e. The van der Waals surface area contributed by atoms with Crippen molar-refractivity contribution in [3.05, 3.63) is 52.9 Å². The molecule has 0 aliphatic rings. The Morgan fingerprint density at radius 2 is 2.17 bits per heavy atom. The number of carbonyl (C=O) groups is 1. The van der Waals surface area contributed by atoms with Crippen LogP contribution in [0, 0.1) is 5.82 Å². The zero-order valence-corrected chi connectivity index (χ0v) is 10.2. The van der Waals surface area contributed by atoms with E-state index in [-0.39, 0.29) is 11.3 Å².